The van der Waals surface area contributed by atoms with Gasteiger partial charge in [-0.1, -0.05) is 36.0 Å². The summed E-state index contributed by atoms with van der Waals surface area (Å²) in [5.74, 6) is -1.36. The first-order chi connectivity index (χ1) is 13.0. The molecule has 0 radical (unpaired) electrons. The van der Waals surface area contributed by atoms with Crippen molar-refractivity contribution in [2.45, 2.75) is 16.7 Å². The molecule has 2 aromatic rings. The minimum absolute atomic E-state index is 0.0719. The fourth-order valence-electron chi connectivity index (χ4n) is 2.14. The molecule has 2 aromatic carbocycles. The van der Waals surface area contributed by atoms with Crippen molar-refractivity contribution in [1.82, 2.24) is 0 Å². The Kier molecular flexibility index (Phi) is 6.76. The van der Waals surface area contributed by atoms with Crippen molar-refractivity contribution >= 4 is 23.5 Å². The Balaban J connectivity index is 2.19. The van der Waals surface area contributed by atoms with Gasteiger partial charge < -0.3 is 10.5 Å². The van der Waals surface area contributed by atoms with Gasteiger partial charge in [-0.05, 0) is 31.2 Å². The maximum atomic E-state index is 12.4. The number of hydrogen-bond acceptors (Lipinski definition) is 7. The smallest absolute Gasteiger partial charge is 0.339 e. The standard InChI is InChI=1S/C20H15N3O3S/c1-13(23)16(11-22)17(24)12-26-20(25)15-7-3-5-9-19(15)27-18-8-4-2-6-14(18)10-21/h2-9H,12,23H2,1H3/b16-13+. The molecule has 0 aromatic heterocycles. The lowest BCUT2D eigenvalue weighted by molar-refractivity contribution is -0.118. The third kappa shape index (κ3) is 4.97. The van der Waals surface area contributed by atoms with Crippen LogP contribution in [0.3, 0.4) is 0 Å². The van der Waals surface area contributed by atoms with Crippen molar-refractivity contribution in [3.63, 3.8) is 0 Å². The van der Waals surface area contributed by atoms with Gasteiger partial charge in [-0.3, -0.25) is 4.79 Å². The first kappa shape index (κ1) is 19.8. The number of nitriles is 2. The van der Waals surface area contributed by atoms with E-state index in [9.17, 15) is 14.9 Å². The molecule has 0 atom stereocenters. The number of rotatable bonds is 6. The van der Waals surface area contributed by atoms with Crippen LogP contribution >= 0.6 is 11.8 Å². The second-order valence-electron chi connectivity index (χ2n) is 5.38. The number of ketones is 1. The number of allylic oxidation sites excluding steroid dienone is 1. The van der Waals surface area contributed by atoms with Crippen molar-refractivity contribution in [2.75, 3.05) is 6.61 Å². The number of hydrogen-bond donors (Lipinski definition) is 1. The van der Waals surface area contributed by atoms with E-state index in [1.54, 1.807) is 54.6 Å². The predicted molar refractivity (Wildman–Crippen MR) is 99.5 cm³/mol. The first-order valence-corrected chi connectivity index (χ1v) is 8.62. The van der Waals surface area contributed by atoms with Crippen molar-refractivity contribution in [2.24, 2.45) is 5.73 Å². The highest BCUT2D eigenvalue weighted by atomic mass is 32.2. The molecule has 0 unspecified atom stereocenters. The number of carbonyl (C=O) groups excluding carboxylic acids is 2. The molecule has 0 amide bonds. The topological polar surface area (TPSA) is 117 Å². The number of benzene rings is 2. The Labute approximate surface area is 160 Å². The lowest BCUT2D eigenvalue weighted by atomic mass is 10.1. The van der Waals surface area contributed by atoms with Crippen LogP contribution in [0.25, 0.3) is 0 Å². The summed E-state index contributed by atoms with van der Waals surface area (Å²) in [4.78, 5) is 25.6. The molecule has 0 saturated carbocycles. The molecule has 0 aliphatic rings. The molecule has 2 rings (SSSR count). The molecule has 7 heteroatoms. The van der Waals surface area contributed by atoms with Crippen LogP contribution in [0, 0.1) is 22.7 Å². The second-order valence-corrected chi connectivity index (χ2v) is 6.46. The van der Waals surface area contributed by atoms with Crippen LogP contribution in [0.2, 0.25) is 0 Å². The lowest BCUT2D eigenvalue weighted by Gasteiger charge is -2.10. The Bertz CT molecular complexity index is 996. The van der Waals surface area contributed by atoms with Crippen molar-refractivity contribution in [3.05, 3.63) is 70.9 Å². The Morgan fingerprint density at radius 2 is 1.70 bits per heavy atom. The molecule has 134 valence electrons. The number of Topliss-reactive ketones (excluding diaryl/α,β-unsaturated/α-hetero) is 1. The maximum absolute atomic E-state index is 12.4. The minimum atomic E-state index is -0.701. The predicted octanol–water partition coefficient (Wildman–Crippen LogP) is 3.19. The fraction of sp³-hybridized carbons (Fsp3) is 0.100. The zero-order valence-electron chi connectivity index (χ0n) is 14.4. The van der Waals surface area contributed by atoms with Gasteiger partial charge in [-0.15, -0.1) is 0 Å². The summed E-state index contributed by atoms with van der Waals surface area (Å²) in [5.41, 5.74) is 6.06. The number of carbonyl (C=O) groups is 2. The average Bonchev–Trinajstić information content (AvgIpc) is 2.67. The van der Waals surface area contributed by atoms with Crippen molar-refractivity contribution < 1.29 is 14.3 Å². The quantitative estimate of drug-likeness (QED) is 0.467. The molecule has 0 aliphatic carbocycles. The molecular formula is C20H15N3O3S. The van der Waals surface area contributed by atoms with Crippen LogP contribution in [0.1, 0.15) is 22.8 Å². The van der Waals surface area contributed by atoms with Gasteiger partial charge in [0.15, 0.2) is 6.61 Å². The number of ether oxygens (including phenoxy) is 1. The van der Waals surface area contributed by atoms with E-state index in [2.05, 4.69) is 6.07 Å². The zero-order valence-corrected chi connectivity index (χ0v) is 15.2. The highest BCUT2D eigenvalue weighted by molar-refractivity contribution is 7.99. The second kappa shape index (κ2) is 9.23. The van der Waals surface area contributed by atoms with E-state index in [0.717, 1.165) is 0 Å². The van der Waals surface area contributed by atoms with Gasteiger partial charge in [-0.25, -0.2) is 4.79 Å². The summed E-state index contributed by atoms with van der Waals surface area (Å²) in [6, 6.07) is 17.6. The van der Waals surface area contributed by atoms with E-state index in [0.29, 0.717) is 15.4 Å². The Morgan fingerprint density at radius 3 is 2.33 bits per heavy atom. The normalized spacial score (nSPS) is 10.9. The zero-order chi connectivity index (χ0) is 19.8. The van der Waals surface area contributed by atoms with E-state index in [1.165, 1.54) is 18.7 Å². The fourth-order valence-corrected chi connectivity index (χ4v) is 3.16. The molecule has 2 N–H and O–H groups in total. The molecule has 27 heavy (non-hydrogen) atoms. The number of nitrogens with zero attached hydrogens (tertiary/aromatic N) is 2. The average molecular weight is 377 g/mol. The summed E-state index contributed by atoms with van der Waals surface area (Å²) < 4.78 is 5.05. The van der Waals surface area contributed by atoms with E-state index >= 15 is 0 Å². The highest BCUT2D eigenvalue weighted by Gasteiger charge is 2.18. The molecule has 0 heterocycles. The molecule has 0 aliphatic heterocycles. The molecular weight excluding hydrogens is 362 g/mol. The van der Waals surface area contributed by atoms with E-state index in [4.69, 9.17) is 15.7 Å². The van der Waals surface area contributed by atoms with Gasteiger partial charge in [0.1, 0.15) is 17.7 Å². The van der Waals surface area contributed by atoms with Crippen LogP contribution in [-0.4, -0.2) is 18.4 Å². The summed E-state index contributed by atoms with van der Waals surface area (Å²) >= 11 is 1.25. The van der Waals surface area contributed by atoms with E-state index in [-0.39, 0.29) is 16.8 Å². The van der Waals surface area contributed by atoms with Gasteiger partial charge in [0.2, 0.25) is 5.78 Å². The van der Waals surface area contributed by atoms with Crippen molar-refractivity contribution in [3.8, 4) is 12.1 Å². The van der Waals surface area contributed by atoms with E-state index in [1.807, 2.05) is 0 Å². The summed E-state index contributed by atoms with van der Waals surface area (Å²) in [7, 11) is 0. The Hall–Kier alpha value is -3.55. The first-order valence-electron chi connectivity index (χ1n) is 7.80. The van der Waals surface area contributed by atoms with Crippen LogP contribution in [0.4, 0.5) is 0 Å². The molecule has 6 nitrogen and oxygen atoms in total. The molecule has 0 spiro atoms. The van der Waals surface area contributed by atoms with Crippen LogP contribution in [-0.2, 0) is 9.53 Å². The number of esters is 1. The lowest BCUT2D eigenvalue weighted by Crippen LogP contribution is -2.18. The van der Waals surface area contributed by atoms with Crippen molar-refractivity contribution in [1.29, 1.82) is 10.5 Å². The maximum Gasteiger partial charge on any atom is 0.339 e. The monoisotopic (exact) mass is 377 g/mol. The minimum Gasteiger partial charge on any atom is -0.454 e. The van der Waals surface area contributed by atoms with Crippen LogP contribution in [0.5, 0.6) is 0 Å². The SMILES string of the molecule is C/C(N)=C(/C#N)C(=O)COC(=O)c1ccccc1Sc1ccccc1C#N. The highest BCUT2D eigenvalue weighted by Crippen LogP contribution is 2.32. The van der Waals surface area contributed by atoms with Gasteiger partial charge in [0.25, 0.3) is 0 Å². The largest absolute Gasteiger partial charge is 0.454 e. The van der Waals surface area contributed by atoms with E-state index < -0.39 is 18.4 Å². The molecule has 0 bridgehead atoms. The summed E-state index contributed by atoms with van der Waals surface area (Å²) in [6.07, 6.45) is 0. The third-order valence-corrected chi connectivity index (χ3v) is 4.61. The van der Waals surface area contributed by atoms with Crippen LogP contribution < -0.4 is 5.73 Å². The summed E-state index contributed by atoms with van der Waals surface area (Å²) in [6.45, 7) is 0.848. The van der Waals surface area contributed by atoms with Gasteiger partial charge >= 0.3 is 5.97 Å². The van der Waals surface area contributed by atoms with Crippen LogP contribution in [0.15, 0.2) is 69.6 Å². The van der Waals surface area contributed by atoms with Gasteiger partial charge in [0, 0.05) is 15.5 Å². The molecule has 0 fully saturated rings. The summed E-state index contributed by atoms with van der Waals surface area (Å²) in [5, 5.41) is 18.1. The van der Waals surface area contributed by atoms with Gasteiger partial charge in [0.05, 0.1) is 11.1 Å². The number of nitrogens with two attached hydrogens (primary N) is 1. The Morgan fingerprint density at radius 1 is 1.07 bits per heavy atom. The van der Waals surface area contributed by atoms with Gasteiger partial charge in [-0.2, -0.15) is 10.5 Å². The molecule has 0 saturated heterocycles. The third-order valence-electron chi connectivity index (χ3n) is 3.45.